The van der Waals surface area contributed by atoms with Gasteiger partial charge in [0, 0.05) is 17.8 Å². The molecule has 15 heavy (non-hydrogen) atoms. The molecule has 0 radical (unpaired) electrons. The summed E-state index contributed by atoms with van der Waals surface area (Å²) in [7, 11) is 0. The molecule has 80 valence electrons. The first-order chi connectivity index (χ1) is 6.75. The minimum atomic E-state index is -0.508. The molecule has 1 heterocycles. The lowest BCUT2D eigenvalue weighted by Gasteiger charge is -2.14. The van der Waals surface area contributed by atoms with Crippen LogP contribution in [0, 0.1) is 0 Å². The highest BCUT2D eigenvalue weighted by Gasteiger charge is 2.33. The van der Waals surface area contributed by atoms with Gasteiger partial charge in [-0.25, -0.2) is 0 Å². The van der Waals surface area contributed by atoms with E-state index in [1.165, 1.54) is 0 Å². The van der Waals surface area contributed by atoms with Gasteiger partial charge in [-0.15, -0.1) is 19.0 Å². The van der Waals surface area contributed by atoms with E-state index < -0.39 is 6.04 Å². The molecule has 1 atom stereocenters. The molecular weight excluding hydrogens is 212 g/mol. The second-order valence-corrected chi connectivity index (χ2v) is 3.27. The first-order valence-electron chi connectivity index (χ1n) is 4.52. The summed E-state index contributed by atoms with van der Waals surface area (Å²) < 4.78 is 0. The number of benzene rings is 1. The Morgan fingerprint density at radius 1 is 1.47 bits per heavy atom. The molecule has 1 aromatic rings. The lowest BCUT2D eigenvalue weighted by atomic mass is 10.1. The molecule has 0 saturated carbocycles. The third-order valence-electron chi connectivity index (χ3n) is 2.41. The Labute approximate surface area is 95.0 Å². The Kier molecular flexibility index (Phi) is 3.50. The number of hydrogen-bond acceptors (Lipinski definition) is 2. The van der Waals surface area contributed by atoms with E-state index in [9.17, 15) is 4.79 Å². The van der Waals surface area contributed by atoms with Crippen molar-refractivity contribution in [1.29, 1.82) is 0 Å². The molecule has 0 bridgehead atoms. The molecule has 0 fully saturated rings. The Balaban J connectivity index is 0.00000112. The van der Waals surface area contributed by atoms with Crippen LogP contribution >= 0.6 is 12.4 Å². The van der Waals surface area contributed by atoms with Crippen LogP contribution in [-0.4, -0.2) is 12.5 Å². The molecule has 0 aliphatic carbocycles. The molecule has 1 amide bonds. The van der Waals surface area contributed by atoms with E-state index in [1.54, 1.807) is 11.0 Å². The average molecular weight is 225 g/mol. The summed E-state index contributed by atoms with van der Waals surface area (Å²) >= 11 is 0. The van der Waals surface area contributed by atoms with Crippen LogP contribution in [0.5, 0.6) is 0 Å². The van der Waals surface area contributed by atoms with E-state index in [1.807, 2.05) is 24.3 Å². The van der Waals surface area contributed by atoms with Crippen LogP contribution in [-0.2, 0) is 4.79 Å². The van der Waals surface area contributed by atoms with Crippen molar-refractivity contribution in [1.82, 2.24) is 0 Å². The fourth-order valence-corrected chi connectivity index (χ4v) is 1.73. The van der Waals surface area contributed by atoms with Crippen LogP contribution in [0.3, 0.4) is 0 Å². The first-order valence-corrected chi connectivity index (χ1v) is 4.52. The maximum atomic E-state index is 11.7. The zero-order valence-corrected chi connectivity index (χ0v) is 9.04. The number of rotatable bonds is 2. The quantitative estimate of drug-likeness (QED) is 0.777. The van der Waals surface area contributed by atoms with Crippen molar-refractivity contribution in [2.45, 2.75) is 6.04 Å². The predicted octanol–water partition coefficient (Wildman–Crippen LogP) is 1.64. The summed E-state index contributed by atoms with van der Waals surface area (Å²) in [5.41, 5.74) is 7.59. The number of fused-ring (bicyclic) bond motifs is 1. The molecule has 0 saturated heterocycles. The van der Waals surface area contributed by atoms with Crippen LogP contribution in [0.2, 0.25) is 0 Å². The predicted molar refractivity (Wildman–Crippen MR) is 63.2 cm³/mol. The van der Waals surface area contributed by atoms with Gasteiger partial charge in [0.15, 0.2) is 0 Å². The molecule has 1 aromatic carbocycles. The molecule has 2 rings (SSSR count). The normalized spacial score (nSPS) is 18.3. The Hall–Kier alpha value is -1.32. The number of anilines is 1. The van der Waals surface area contributed by atoms with Gasteiger partial charge in [-0.3, -0.25) is 4.79 Å². The maximum absolute atomic E-state index is 11.7. The number of para-hydroxylation sites is 1. The van der Waals surface area contributed by atoms with Crippen molar-refractivity contribution in [3.8, 4) is 0 Å². The van der Waals surface area contributed by atoms with Gasteiger partial charge >= 0.3 is 0 Å². The number of nitrogens with zero attached hydrogens (tertiary/aromatic N) is 1. The molecule has 1 aliphatic rings. The maximum Gasteiger partial charge on any atom is 0.248 e. The van der Waals surface area contributed by atoms with Crippen molar-refractivity contribution in [2.75, 3.05) is 11.4 Å². The minimum Gasteiger partial charge on any atom is -0.316 e. The third-order valence-corrected chi connectivity index (χ3v) is 2.41. The average Bonchev–Trinajstić information content (AvgIpc) is 2.45. The number of halogens is 1. The van der Waals surface area contributed by atoms with Crippen LogP contribution in [0.1, 0.15) is 11.6 Å². The fraction of sp³-hybridized carbons (Fsp3) is 0.182. The summed E-state index contributed by atoms with van der Waals surface area (Å²) in [6, 6.07) is 7.08. The van der Waals surface area contributed by atoms with Gasteiger partial charge in [0.05, 0.1) is 0 Å². The molecule has 2 N–H and O–H groups in total. The summed E-state index contributed by atoms with van der Waals surface area (Å²) in [6.45, 7) is 4.14. The fourth-order valence-electron chi connectivity index (χ4n) is 1.73. The highest BCUT2D eigenvalue weighted by molar-refractivity contribution is 6.04. The van der Waals surface area contributed by atoms with E-state index in [0.717, 1.165) is 11.3 Å². The van der Waals surface area contributed by atoms with Gasteiger partial charge < -0.3 is 10.6 Å². The summed E-state index contributed by atoms with van der Waals surface area (Å²) in [5.74, 6) is -0.0499. The number of carbonyl (C=O) groups is 1. The van der Waals surface area contributed by atoms with Crippen LogP contribution in [0.25, 0.3) is 0 Å². The zero-order chi connectivity index (χ0) is 10.1. The zero-order valence-electron chi connectivity index (χ0n) is 8.22. The van der Waals surface area contributed by atoms with E-state index in [2.05, 4.69) is 6.58 Å². The lowest BCUT2D eigenvalue weighted by Crippen LogP contribution is -2.31. The topological polar surface area (TPSA) is 46.3 Å². The second kappa shape index (κ2) is 4.47. The van der Waals surface area contributed by atoms with Crippen LogP contribution < -0.4 is 10.6 Å². The lowest BCUT2D eigenvalue weighted by molar-refractivity contribution is -0.119. The smallest absolute Gasteiger partial charge is 0.248 e. The van der Waals surface area contributed by atoms with Crippen molar-refractivity contribution in [3.05, 3.63) is 42.5 Å². The number of nitrogens with two attached hydrogens (primary N) is 1. The van der Waals surface area contributed by atoms with E-state index >= 15 is 0 Å². The van der Waals surface area contributed by atoms with Gasteiger partial charge in [0.1, 0.15) is 6.04 Å². The van der Waals surface area contributed by atoms with Crippen molar-refractivity contribution < 1.29 is 4.79 Å². The van der Waals surface area contributed by atoms with Crippen molar-refractivity contribution >= 4 is 24.0 Å². The second-order valence-electron chi connectivity index (χ2n) is 3.27. The van der Waals surface area contributed by atoms with Gasteiger partial charge in [-0.05, 0) is 6.07 Å². The molecule has 0 aromatic heterocycles. The molecule has 1 unspecified atom stereocenters. The number of carbonyl (C=O) groups excluding carboxylic acids is 1. The summed E-state index contributed by atoms with van der Waals surface area (Å²) in [4.78, 5) is 13.4. The third kappa shape index (κ3) is 1.76. The Bertz CT molecular complexity index is 392. The van der Waals surface area contributed by atoms with Crippen molar-refractivity contribution in [2.24, 2.45) is 5.73 Å². The van der Waals surface area contributed by atoms with Gasteiger partial charge in [-0.1, -0.05) is 24.3 Å². The standard InChI is InChI=1S/C11H12N2O.ClH/c1-2-7-13-9-6-4-3-5-8(9)10(12)11(13)14;/h2-6,10H,1,7,12H2;1H. The Morgan fingerprint density at radius 2 is 2.13 bits per heavy atom. The van der Waals surface area contributed by atoms with Gasteiger partial charge in [0.25, 0.3) is 0 Å². The van der Waals surface area contributed by atoms with Crippen LogP contribution in [0.15, 0.2) is 36.9 Å². The molecular formula is C11H13ClN2O. The van der Waals surface area contributed by atoms with E-state index in [-0.39, 0.29) is 18.3 Å². The largest absolute Gasteiger partial charge is 0.316 e. The highest BCUT2D eigenvalue weighted by atomic mass is 35.5. The van der Waals surface area contributed by atoms with Gasteiger partial charge in [-0.2, -0.15) is 0 Å². The minimum absolute atomic E-state index is 0. The van der Waals surface area contributed by atoms with E-state index in [0.29, 0.717) is 6.54 Å². The summed E-state index contributed by atoms with van der Waals surface area (Å²) in [6.07, 6.45) is 1.70. The number of hydrogen-bond donors (Lipinski definition) is 1. The van der Waals surface area contributed by atoms with E-state index in [4.69, 9.17) is 5.73 Å². The van der Waals surface area contributed by atoms with Crippen LogP contribution in [0.4, 0.5) is 5.69 Å². The highest BCUT2D eigenvalue weighted by Crippen LogP contribution is 2.33. The number of amides is 1. The monoisotopic (exact) mass is 224 g/mol. The SMILES string of the molecule is C=CCN1C(=O)C(N)c2ccccc21.Cl. The molecule has 4 heteroatoms. The molecule has 1 aliphatic heterocycles. The van der Waals surface area contributed by atoms with Crippen molar-refractivity contribution in [3.63, 3.8) is 0 Å². The molecule has 0 spiro atoms. The Morgan fingerprint density at radius 3 is 2.80 bits per heavy atom. The first kappa shape index (κ1) is 11.8. The molecule has 3 nitrogen and oxygen atoms in total. The van der Waals surface area contributed by atoms with Gasteiger partial charge in [0.2, 0.25) is 5.91 Å². The summed E-state index contributed by atoms with van der Waals surface area (Å²) in [5, 5.41) is 0.